The zero-order valence-corrected chi connectivity index (χ0v) is 15.0. The topological polar surface area (TPSA) is 20.3 Å². The average molecular weight is 416 g/mol. The van der Waals surface area contributed by atoms with Crippen LogP contribution in [0.1, 0.15) is 22.1 Å². The first-order valence-corrected chi connectivity index (χ1v) is 8.98. The van der Waals surface area contributed by atoms with Crippen molar-refractivity contribution in [2.24, 2.45) is 0 Å². The third kappa shape index (κ3) is 3.32. The predicted octanol–water partition coefficient (Wildman–Crippen LogP) is 5.55. The predicted molar refractivity (Wildman–Crippen MR) is 93.0 cm³/mol. The molecule has 1 amide bonds. The second-order valence-corrected chi connectivity index (χ2v) is 7.47. The molecule has 1 unspecified atom stereocenters. The molecule has 0 saturated carbocycles. The van der Waals surface area contributed by atoms with Gasteiger partial charge in [-0.2, -0.15) is 13.2 Å². The molecule has 0 aliphatic carbocycles. The first-order chi connectivity index (χ1) is 11.3. The van der Waals surface area contributed by atoms with Crippen LogP contribution >= 0.6 is 27.7 Å². The van der Waals surface area contributed by atoms with Gasteiger partial charge in [-0.1, -0.05) is 28.1 Å². The quantitative estimate of drug-likeness (QED) is 0.640. The molecule has 7 heteroatoms. The van der Waals surface area contributed by atoms with Crippen molar-refractivity contribution in [3.8, 4) is 0 Å². The minimum atomic E-state index is -4.40. The molecule has 1 atom stereocenters. The van der Waals surface area contributed by atoms with E-state index >= 15 is 0 Å². The van der Waals surface area contributed by atoms with Gasteiger partial charge in [-0.15, -0.1) is 11.8 Å². The number of benzene rings is 2. The zero-order valence-electron chi connectivity index (χ0n) is 12.6. The van der Waals surface area contributed by atoms with Gasteiger partial charge in [-0.25, -0.2) is 0 Å². The molecule has 24 heavy (non-hydrogen) atoms. The molecule has 2 aromatic rings. The smallest absolute Gasteiger partial charge is 0.295 e. The van der Waals surface area contributed by atoms with Gasteiger partial charge in [-0.05, 0) is 48.4 Å². The van der Waals surface area contributed by atoms with Crippen molar-refractivity contribution >= 4 is 39.3 Å². The van der Waals surface area contributed by atoms with E-state index in [4.69, 9.17) is 0 Å². The van der Waals surface area contributed by atoms with E-state index in [2.05, 4.69) is 15.9 Å². The van der Waals surface area contributed by atoms with Crippen LogP contribution in [0.15, 0.2) is 46.9 Å². The monoisotopic (exact) mass is 415 g/mol. The fourth-order valence-electron chi connectivity index (χ4n) is 2.69. The molecule has 1 saturated heterocycles. The molecule has 1 aliphatic rings. The number of carbonyl (C=O) groups is 1. The summed E-state index contributed by atoms with van der Waals surface area (Å²) in [6.07, 6.45) is -4.40. The van der Waals surface area contributed by atoms with Crippen molar-refractivity contribution in [3.63, 3.8) is 0 Å². The lowest BCUT2D eigenvalue weighted by Crippen LogP contribution is -2.28. The maximum absolute atomic E-state index is 13.0. The van der Waals surface area contributed by atoms with E-state index in [9.17, 15) is 18.0 Å². The van der Waals surface area contributed by atoms with Crippen LogP contribution in [0.2, 0.25) is 0 Å². The van der Waals surface area contributed by atoms with Crippen molar-refractivity contribution in [2.45, 2.75) is 18.5 Å². The van der Waals surface area contributed by atoms with Gasteiger partial charge in [0.05, 0.1) is 11.3 Å². The number of hydrogen-bond acceptors (Lipinski definition) is 2. The molecule has 1 aliphatic heterocycles. The van der Waals surface area contributed by atoms with E-state index in [-0.39, 0.29) is 11.7 Å². The second-order valence-electron chi connectivity index (χ2n) is 5.48. The van der Waals surface area contributed by atoms with E-state index < -0.39 is 17.1 Å². The fourth-order valence-corrected chi connectivity index (χ4v) is 4.32. The number of anilines is 1. The Bertz CT molecular complexity index is 794. The van der Waals surface area contributed by atoms with Gasteiger partial charge in [0, 0.05) is 10.2 Å². The van der Waals surface area contributed by atoms with Crippen LogP contribution in [0, 0.1) is 6.92 Å². The summed E-state index contributed by atoms with van der Waals surface area (Å²) in [5, 5.41) is -0.459. The molecular weight excluding hydrogens is 403 g/mol. The number of hydrogen-bond donors (Lipinski definition) is 0. The first-order valence-electron chi connectivity index (χ1n) is 7.14. The molecule has 1 heterocycles. The highest BCUT2D eigenvalue weighted by Crippen LogP contribution is 2.44. The number of amides is 1. The minimum Gasteiger partial charge on any atom is -0.295 e. The van der Waals surface area contributed by atoms with Gasteiger partial charge >= 0.3 is 6.18 Å². The maximum atomic E-state index is 13.0. The Balaban J connectivity index is 2.02. The Hall–Kier alpha value is -1.47. The zero-order chi connectivity index (χ0) is 17.5. The third-order valence-corrected chi connectivity index (χ3v) is 5.49. The summed E-state index contributed by atoms with van der Waals surface area (Å²) in [4.78, 5) is 13.9. The Morgan fingerprint density at radius 3 is 2.62 bits per heavy atom. The highest BCUT2D eigenvalue weighted by molar-refractivity contribution is 9.10. The second kappa shape index (κ2) is 6.44. The van der Waals surface area contributed by atoms with Crippen molar-refractivity contribution in [2.75, 3.05) is 10.7 Å². The van der Waals surface area contributed by atoms with Crippen LogP contribution in [0.3, 0.4) is 0 Å². The lowest BCUT2D eigenvalue weighted by atomic mass is 10.1. The highest BCUT2D eigenvalue weighted by atomic mass is 79.9. The van der Waals surface area contributed by atoms with E-state index in [1.807, 2.05) is 25.1 Å². The van der Waals surface area contributed by atoms with Crippen molar-refractivity contribution in [1.82, 2.24) is 0 Å². The van der Waals surface area contributed by atoms with Crippen LogP contribution in [0.25, 0.3) is 0 Å². The molecule has 0 spiro atoms. The van der Waals surface area contributed by atoms with Gasteiger partial charge in [0.1, 0.15) is 5.37 Å². The summed E-state index contributed by atoms with van der Waals surface area (Å²) in [5.74, 6) is 0.143. The molecule has 126 valence electrons. The number of halogens is 4. The van der Waals surface area contributed by atoms with Crippen LogP contribution in [0.5, 0.6) is 0 Å². The minimum absolute atomic E-state index is 0.104. The van der Waals surface area contributed by atoms with Gasteiger partial charge in [0.25, 0.3) is 0 Å². The maximum Gasteiger partial charge on any atom is 0.416 e. The molecule has 2 nitrogen and oxygen atoms in total. The van der Waals surface area contributed by atoms with Crippen LogP contribution < -0.4 is 4.90 Å². The van der Waals surface area contributed by atoms with Gasteiger partial charge in [0.15, 0.2) is 0 Å². The lowest BCUT2D eigenvalue weighted by molar-refractivity contribution is -0.137. The Kier molecular flexibility index (Phi) is 4.66. The van der Waals surface area contributed by atoms with Crippen molar-refractivity contribution in [3.05, 3.63) is 63.6 Å². The largest absolute Gasteiger partial charge is 0.416 e. The summed E-state index contributed by atoms with van der Waals surface area (Å²) in [6.45, 7) is 1.87. The number of carbonyl (C=O) groups excluding carboxylic acids is 1. The fraction of sp³-hybridized carbons (Fsp3) is 0.235. The summed E-state index contributed by atoms with van der Waals surface area (Å²) < 4.78 is 39.8. The van der Waals surface area contributed by atoms with E-state index in [0.29, 0.717) is 5.56 Å². The Labute approximate surface area is 150 Å². The Morgan fingerprint density at radius 1 is 1.21 bits per heavy atom. The highest BCUT2D eigenvalue weighted by Gasteiger charge is 2.37. The molecule has 0 radical (unpaired) electrons. The SMILES string of the molecule is Cc1cc(Br)ccc1N1C(=O)CSC1c1cccc(C(F)(F)F)c1. The summed E-state index contributed by atoms with van der Waals surface area (Å²) in [6, 6.07) is 10.7. The van der Waals surface area contributed by atoms with E-state index in [1.165, 1.54) is 17.8 Å². The normalized spacial score (nSPS) is 18.3. The van der Waals surface area contributed by atoms with Crippen molar-refractivity contribution < 1.29 is 18.0 Å². The first kappa shape index (κ1) is 17.4. The summed E-state index contributed by atoms with van der Waals surface area (Å²) in [5.41, 5.74) is 1.38. The molecule has 2 aromatic carbocycles. The van der Waals surface area contributed by atoms with E-state index in [0.717, 1.165) is 27.9 Å². The molecule has 0 bridgehead atoms. The van der Waals surface area contributed by atoms with Gasteiger partial charge in [-0.3, -0.25) is 9.69 Å². The molecular formula is C17H13BrF3NOS. The molecule has 0 N–H and O–H groups in total. The lowest BCUT2D eigenvalue weighted by Gasteiger charge is -2.26. The van der Waals surface area contributed by atoms with Crippen LogP contribution in [-0.4, -0.2) is 11.7 Å². The number of alkyl halides is 3. The molecule has 0 aromatic heterocycles. The standard InChI is InChI=1S/C17H13BrF3NOS/c1-10-7-13(18)5-6-14(10)22-15(23)9-24-16(22)11-3-2-4-12(8-11)17(19,20)21/h2-8,16H,9H2,1H3. The van der Waals surface area contributed by atoms with E-state index in [1.54, 1.807) is 11.0 Å². The van der Waals surface area contributed by atoms with Gasteiger partial charge < -0.3 is 0 Å². The van der Waals surface area contributed by atoms with Crippen LogP contribution in [-0.2, 0) is 11.0 Å². The summed E-state index contributed by atoms with van der Waals surface area (Å²) >= 11 is 4.71. The number of rotatable bonds is 2. The third-order valence-electron chi connectivity index (χ3n) is 3.79. The number of aryl methyl sites for hydroxylation is 1. The molecule has 3 rings (SSSR count). The molecule has 1 fully saturated rings. The number of nitrogens with zero attached hydrogens (tertiary/aromatic N) is 1. The summed E-state index contributed by atoms with van der Waals surface area (Å²) in [7, 11) is 0. The average Bonchev–Trinajstić information content (AvgIpc) is 2.88. The Morgan fingerprint density at radius 2 is 1.96 bits per heavy atom. The van der Waals surface area contributed by atoms with Crippen molar-refractivity contribution in [1.29, 1.82) is 0 Å². The van der Waals surface area contributed by atoms with Crippen LogP contribution in [0.4, 0.5) is 18.9 Å². The number of thioether (sulfide) groups is 1. The van der Waals surface area contributed by atoms with Gasteiger partial charge in [0.2, 0.25) is 5.91 Å².